The highest BCUT2D eigenvalue weighted by Crippen LogP contribution is 2.12. The van der Waals surface area contributed by atoms with Crippen LogP contribution in [0.15, 0.2) is 35.5 Å². The number of halogens is 2. The van der Waals surface area contributed by atoms with Crippen LogP contribution in [0.5, 0.6) is 0 Å². The summed E-state index contributed by atoms with van der Waals surface area (Å²) in [7, 11) is 1.68. The van der Waals surface area contributed by atoms with Gasteiger partial charge in [0.1, 0.15) is 5.82 Å². The van der Waals surface area contributed by atoms with Gasteiger partial charge in [-0.25, -0.2) is 9.07 Å². The molecule has 2 rings (SSSR count). The van der Waals surface area contributed by atoms with Gasteiger partial charge in [-0.3, -0.25) is 4.99 Å². The largest absolute Gasteiger partial charge is 0.352 e. The molecule has 0 atom stereocenters. The molecule has 0 aliphatic heterocycles. The first-order chi connectivity index (χ1) is 10.6. The quantitative estimate of drug-likeness (QED) is 0.341. The smallest absolute Gasteiger partial charge is 0.192 e. The van der Waals surface area contributed by atoms with Crippen LogP contribution in [0, 0.1) is 25.1 Å². The van der Waals surface area contributed by atoms with Gasteiger partial charge >= 0.3 is 0 Å². The minimum absolute atomic E-state index is 0. The number of benzene rings is 1. The minimum atomic E-state index is -0.266. The van der Waals surface area contributed by atoms with Crippen molar-refractivity contribution in [2.24, 2.45) is 4.99 Å². The number of nitrogens with zero attached hydrogens (tertiary/aromatic N) is 3. The number of aryl methyl sites for hydroxylation is 1. The van der Waals surface area contributed by atoms with Crippen LogP contribution < -0.4 is 10.6 Å². The Labute approximate surface area is 152 Å². The number of hydrogen-bond donors (Lipinski definition) is 2. The molecule has 0 saturated heterocycles. The van der Waals surface area contributed by atoms with Crippen molar-refractivity contribution in [3.63, 3.8) is 0 Å². The van der Waals surface area contributed by atoms with E-state index in [2.05, 4.69) is 26.6 Å². The Morgan fingerprint density at radius 1 is 1.35 bits per heavy atom. The normalized spacial score (nSPS) is 10.6. The number of aliphatic imine (C=N–C) groups is 1. The summed E-state index contributed by atoms with van der Waals surface area (Å²) in [4.78, 5) is 4.07. The minimum Gasteiger partial charge on any atom is -0.352 e. The molecular weight excluding hydrogens is 408 g/mol. The number of rotatable bonds is 4. The zero-order valence-electron chi connectivity index (χ0n) is 13.0. The van der Waals surface area contributed by atoms with E-state index in [1.54, 1.807) is 23.9 Å². The van der Waals surface area contributed by atoms with E-state index in [0.29, 0.717) is 19.0 Å². The number of guanidine groups is 1. The summed E-state index contributed by atoms with van der Waals surface area (Å²) in [6.07, 6.45) is 7.11. The van der Waals surface area contributed by atoms with Gasteiger partial charge < -0.3 is 10.6 Å². The van der Waals surface area contributed by atoms with Crippen molar-refractivity contribution in [2.45, 2.75) is 13.5 Å². The predicted molar refractivity (Wildman–Crippen MR) is 101 cm³/mol. The summed E-state index contributed by atoms with van der Waals surface area (Å²) in [6.45, 7) is 2.90. The van der Waals surface area contributed by atoms with E-state index in [0.717, 1.165) is 16.9 Å². The summed E-state index contributed by atoms with van der Waals surface area (Å²) >= 11 is 0. The lowest BCUT2D eigenvalue weighted by Gasteiger charge is -2.08. The van der Waals surface area contributed by atoms with Crippen LogP contribution in [-0.4, -0.2) is 29.3 Å². The zero-order chi connectivity index (χ0) is 15.9. The molecular formula is C16H19FIN5. The Morgan fingerprint density at radius 2 is 2.04 bits per heavy atom. The van der Waals surface area contributed by atoms with E-state index in [1.165, 1.54) is 12.1 Å². The molecule has 0 unspecified atom stereocenters. The summed E-state index contributed by atoms with van der Waals surface area (Å²) in [5.41, 5.74) is 2.72. The topological polar surface area (TPSA) is 54.2 Å². The summed E-state index contributed by atoms with van der Waals surface area (Å²) in [5, 5.41) is 10.6. The Bertz CT molecular complexity index is 700. The molecule has 122 valence electrons. The maximum absolute atomic E-state index is 13.0. The highest BCUT2D eigenvalue weighted by atomic mass is 127. The standard InChI is InChI=1S/C16H18FN5.HI/c1-4-9-19-16(18-3)20-10-13-11-22(21-12(13)2)15-7-5-14(17)6-8-15;/h1,5-8,11H,9-10H2,2-3H3,(H2,18,19,20);1H. The third-order valence-electron chi connectivity index (χ3n) is 3.12. The van der Waals surface area contributed by atoms with Crippen LogP contribution >= 0.6 is 24.0 Å². The number of hydrogen-bond acceptors (Lipinski definition) is 2. The molecule has 0 bridgehead atoms. The van der Waals surface area contributed by atoms with Gasteiger partial charge in [0.15, 0.2) is 5.96 Å². The van der Waals surface area contributed by atoms with E-state index in [1.807, 2.05) is 13.1 Å². The van der Waals surface area contributed by atoms with Gasteiger partial charge in [-0.1, -0.05) is 5.92 Å². The lowest BCUT2D eigenvalue weighted by molar-refractivity contribution is 0.627. The van der Waals surface area contributed by atoms with Crippen LogP contribution in [0.25, 0.3) is 5.69 Å². The van der Waals surface area contributed by atoms with Gasteiger partial charge in [0.2, 0.25) is 0 Å². The molecule has 2 N–H and O–H groups in total. The van der Waals surface area contributed by atoms with E-state index < -0.39 is 0 Å². The Balaban J connectivity index is 0.00000264. The Kier molecular flexibility index (Phi) is 7.54. The molecule has 1 heterocycles. The fourth-order valence-electron chi connectivity index (χ4n) is 1.93. The first kappa shape index (κ1) is 19.0. The molecule has 1 aromatic heterocycles. The fourth-order valence-corrected chi connectivity index (χ4v) is 1.93. The maximum Gasteiger partial charge on any atom is 0.192 e. The summed E-state index contributed by atoms with van der Waals surface area (Å²) in [6, 6.07) is 6.20. The molecule has 0 spiro atoms. The Morgan fingerprint density at radius 3 is 2.65 bits per heavy atom. The van der Waals surface area contributed by atoms with Gasteiger partial charge in [-0.2, -0.15) is 5.10 Å². The van der Waals surface area contributed by atoms with E-state index >= 15 is 0 Å². The van der Waals surface area contributed by atoms with Crippen molar-refractivity contribution < 1.29 is 4.39 Å². The van der Waals surface area contributed by atoms with Crippen LogP contribution in [0.4, 0.5) is 4.39 Å². The third-order valence-corrected chi connectivity index (χ3v) is 3.12. The van der Waals surface area contributed by atoms with Gasteiger partial charge in [-0.05, 0) is 31.2 Å². The van der Waals surface area contributed by atoms with Gasteiger partial charge in [0, 0.05) is 25.4 Å². The molecule has 0 aliphatic carbocycles. The van der Waals surface area contributed by atoms with Crippen molar-refractivity contribution in [1.82, 2.24) is 20.4 Å². The lowest BCUT2D eigenvalue weighted by atomic mass is 10.2. The monoisotopic (exact) mass is 427 g/mol. The molecule has 23 heavy (non-hydrogen) atoms. The van der Waals surface area contributed by atoms with Gasteiger partial charge in [0.05, 0.1) is 17.9 Å². The van der Waals surface area contributed by atoms with Crippen molar-refractivity contribution >= 4 is 29.9 Å². The van der Waals surface area contributed by atoms with E-state index in [9.17, 15) is 4.39 Å². The first-order valence-electron chi connectivity index (χ1n) is 6.83. The molecule has 2 aromatic rings. The average molecular weight is 427 g/mol. The van der Waals surface area contributed by atoms with Crippen LogP contribution in [-0.2, 0) is 6.54 Å². The molecule has 0 radical (unpaired) electrons. The molecule has 0 saturated carbocycles. The molecule has 1 aromatic carbocycles. The summed E-state index contributed by atoms with van der Waals surface area (Å²) in [5.74, 6) is 2.86. The first-order valence-corrected chi connectivity index (χ1v) is 6.83. The number of aromatic nitrogens is 2. The Hall–Kier alpha value is -2.08. The van der Waals surface area contributed by atoms with Crippen molar-refractivity contribution in [3.8, 4) is 18.0 Å². The zero-order valence-corrected chi connectivity index (χ0v) is 15.3. The average Bonchev–Trinajstić information content (AvgIpc) is 2.89. The molecule has 7 heteroatoms. The molecule has 0 aliphatic rings. The van der Waals surface area contributed by atoms with Crippen molar-refractivity contribution in [2.75, 3.05) is 13.6 Å². The number of terminal acetylenes is 1. The maximum atomic E-state index is 13.0. The third kappa shape index (κ3) is 5.25. The second-order valence-corrected chi connectivity index (χ2v) is 4.64. The van der Waals surface area contributed by atoms with Gasteiger partial charge in [0.25, 0.3) is 0 Å². The van der Waals surface area contributed by atoms with Crippen LogP contribution in [0.3, 0.4) is 0 Å². The van der Waals surface area contributed by atoms with Gasteiger partial charge in [-0.15, -0.1) is 30.4 Å². The summed E-state index contributed by atoms with van der Waals surface area (Å²) < 4.78 is 14.7. The molecule has 0 fully saturated rings. The predicted octanol–water partition coefficient (Wildman–Crippen LogP) is 2.24. The fraction of sp³-hybridized carbons (Fsp3) is 0.250. The lowest BCUT2D eigenvalue weighted by Crippen LogP contribution is -2.36. The van der Waals surface area contributed by atoms with E-state index in [4.69, 9.17) is 6.42 Å². The van der Waals surface area contributed by atoms with E-state index in [-0.39, 0.29) is 29.8 Å². The molecule has 0 amide bonds. The second-order valence-electron chi connectivity index (χ2n) is 4.64. The van der Waals surface area contributed by atoms with Crippen LogP contribution in [0.2, 0.25) is 0 Å². The van der Waals surface area contributed by atoms with Crippen LogP contribution in [0.1, 0.15) is 11.3 Å². The van der Waals surface area contributed by atoms with Crippen molar-refractivity contribution in [1.29, 1.82) is 0 Å². The highest BCUT2D eigenvalue weighted by molar-refractivity contribution is 14.0. The second kappa shape index (κ2) is 9.15. The SMILES string of the molecule is C#CCNC(=NC)NCc1cn(-c2ccc(F)cc2)nc1C.I. The number of nitrogens with one attached hydrogen (secondary N) is 2. The highest BCUT2D eigenvalue weighted by Gasteiger charge is 2.07. The van der Waals surface area contributed by atoms with Crippen molar-refractivity contribution in [3.05, 3.63) is 47.5 Å². The molecule has 5 nitrogen and oxygen atoms in total.